The Morgan fingerprint density at radius 2 is 2.50 bits per heavy atom. The van der Waals surface area contributed by atoms with Crippen molar-refractivity contribution in [2.24, 2.45) is 0 Å². The maximum absolute atomic E-state index is 11.5. The monoisotopic (exact) mass is 282 g/mol. The molecule has 0 saturated heterocycles. The van der Waals surface area contributed by atoms with Crippen molar-refractivity contribution in [1.29, 1.82) is 0 Å². The van der Waals surface area contributed by atoms with E-state index in [-0.39, 0.29) is 5.91 Å². The normalized spacial score (nSPS) is 10.5. The molecule has 18 heavy (non-hydrogen) atoms. The van der Waals surface area contributed by atoms with Crippen LogP contribution in [0.5, 0.6) is 0 Å². The number of aryl methyl sites for hydroxylation is 1. The molecule has 0 aliphatic rings. The molecule has 96 valence electrons. The van der Waals surface area contributed by atoms with Gasteiger partial charge < -0.3 is 5.32 Å². The Kier molecular flexibility index (Phi) is 4.77. The number of amides is 1. The highest BCUT2D eigenvalue weighted by atomic mass is 32.2. The Balaban J connectivity index is 1.63. The molecule has 0 saturated carbocycles. The zero-order valence-corrected chi connectivity index (χ0v) is 11.6. The molecular weight excluding hydrogens is 268 g/mol. The van der Waals surface area contributed by atoms with Gasteiger partial charge in [0.05, 0.1) is 28.7 Å². The molecule has 0 bridgehead atoms. The Labute approximate surface area is 113 Å². The standard InChI is InChI=1S/C11H14N4OS2/c1-8-14-10(6-18-8)5-17-7-11(16)12-4-9-2-3-13-15-9/h2-3,6H,4-5,7H2,1H3,(H,12,16)(H,13,15). The van der Waals surface area contributed by atoms with Crippen molar-refractivity contribution in [3.05, 3.63) is 34.0 Å². The summed E-state index contributed by atoms with van der Waals surface area (Å²) >= 11 is 3.21. The molecule has 0 radical (unpaired) electrons. The number of rotatable bonds is 6. The first-order valence-electron chi connectivity index (χ1n) is 5.48. The zero-order valence-electron chi connectivity index (χ0n) is 9.97. The van der Waals surface area contributed by atoms with Gasteiger partial charge in [-0.15, -0.1) is 23.1 Å². The lowest BCUT2D eigenvalue weighted by Gasteiger charge is -2.02. The van der Waals surface area contributed by atoms with Crippen LogP contribution in [0.3, 0.4) is 0 Å². The lowest BCUT2D eigenvalue weighted by Crippen LogP contribution is -2.24. The Bertz CT molecular complexity index is 495. The lowest BCUT2D eigenvalue weighted by molar-refractivity contribution is -0.118. The molecule has 2 heterocycles. The number of aromatic nitrogens is 3. The smallest absolute Gasteiger partial charge is 0.230 e. The van der Waals surface area contributed by atoms with Crippen molar-refractivity contribution < 1.29 is 4.79 Å². The fourth-order valence-corrected chi connectivity index (χ4v) is 2.82. The van der Waals surface area contributed by atoms with Crippen LogP contribution in [0.4, 0.5) is 0 Å². The van der Waals surface area contributed by atoms with E-state index in [4.69, 9.17) is 0 Å². The van der Waals surface area contributed by atoms with Gasteiger partial charge in [-0.2, -0.15) is 5.10 Å². The Morgan fingerprint density at radius 3 is 3.17 bits per heavy atom. The van der Waals surface area contributed by atoms with Crippen molar-refractivity contribution in [3.8, 4) is 0 Å². The molecule has 2 rings (SSSR count). The van der Waals surface area contributed by atoms with Crippen molar-refractivity contribution in [1.82, 2.24) is 20.5 Å². The molecule has 7 heteroatoms. The molecule has 2 aromatic heterocycles. The van der Waals surface area contributed by atoms with Crippen LogP contribution in [0.2, 0.25) is 0 Å². The molecular formula is C11H14N4OS2. The van der Waals surface area contributed by atoms with Gasteiger partial charge in [-0.25, -0.2) is 4.98 Å². The molecule has 0 aliphatic heterocycles. The van der Waals surface area contributed by atoms with Gasteiger partial charge in [-0.05, 0) is 13.0 Å². The largest absolute Gasteiger partial charge is 0.350 e. The number of hydrogen-bond donors (Lipinski definition) is 2. The van der Waals surface area contributed by atoms with Gasteiger partial charge >= 0.3 is 0 Å². The molecule has 0 fully saturated rings. The quantitative estimate of drug-likeness (QED) is 0.846. The van der Waals surface area contributed by atoms with Crippen LogP contribution in [0.25, 0.3) is 0 Å². The lowest BCUT2D eigenvalue weighted by atomic mass is 10.4. The van der Waals surface area contributed by atoms with Crippen LogP contribution < -0.4 is 5.32 Å². The highest BCUT2D eigenvalue weighted by molar-refractivity contribution is 7.99. The number of carbonyl (C=O) groups excluding carboxylic acids is 1. The van der Waals surface area contributed by atoms with Crippen LogP contribution in [0.15, 0.2) is 17.6 Å². The van der Waals surface area contributed by atoms with Crippen LogP contribution in [-0.2, 0) is 17.1 Å². The summed E-state index contributed by atoms with van der Waals surface area (Å²) < 4.78 is 0. The number of nitrogens with one attached hydrogen (secondary N) is 2. The van der Waals surface area contributed by atoms with Crippen LogP contribution >= 0.6 is 23.1 Å². The van der Waals surface area contributed by atoms with Crippen molar-refractivity contribution in [2.75, 3.05) is 5.75 Å². The fourth-order valence-electron chi connectivity index (χ4n) is 1.35. The van der Waals surface area contributed by atoms with E-state index >= 15 is 0 Å². The van der Waals surface area contributed by atoms with Crippen molar-refractivity contribution >= 4 is 29.0 Å². The minimum Gasteiger partial charge on any atom is -0.350 e. The maximum Gasteiger partial charge on any atom is 0.230 e. The minimum atomic E-state index is 0.0292. The Morgan fingerprint density at radius 1 is 1.61 bits per heavy atom. The first kappa shape index (κ1) is 13.1. The molecule has 2 N–H and O–H groups in total. The molecule has 0 spiro atoms. The van der Waals surface area contributed by atoms with E-state index < -0.39 is 0 Å². The highest BCUT2D eigenvalue weighted by Gasteiger charge is 2.04. The average molecular weight is 282 g/mol. The molecule has 1 amide bonds. The molecule has 0 atom stereocenters. The predicted octanol–water partition coefficient (Wildman–Crippen LogP) is 1.72. The van der Waals surface area contributed by atoms with Gasteiger partial charge in [-0.3, -0.25) is 9.89 Å². The fraction of sp³-hybridized carbons (Fsp3) is 0.364. The molecule has 0 aliphatic carbocycles. The number of nitrogens with zero attached hydrogens (tertiary/aromatic N) is 2. The van der Waals surface area contributed by atoms with Gasteiger partial charge in [0.25, 0.3) is 0 Å². The van der Waals surface area contributed by atoms with Gasteiger partial charge in [0.1, 0.15) is 0 Å². The van der Waals surface area contributed by atoms with Crippen molar-refractivity contribution in [2.45, 2.75) is 19.2 Å². The highest BCUT2D eigenvalue weighted by Crippen LogP contribution is 2.14. The number of aromatic amines is 1. The van der Waals surface area contributed by atoms with E-state index in [0.717, 1.165) is 22.1 Å². The van der Waals surface area contributed by atoms with E-state index in [1.165, 1.54) is 0 Å². The summed E-state index contributed by atoms with van der Waals surface area (Å²) in [5, 5.41) is 12.5. The number of thiazole rings is 1. The van der Waals surface area contributed by atoms with Gasteiger partial charge in [-0.1, -0.05) is 0 Å². The SMILES string of the molecule is Cc1nc(CSCC(=O)NCc2ccn[nH]2)cs1. The zero-order chi connectivity index (χ0) is 12.8. The number of carbonyl (C=O) groups is 1. The van der Waals surface area contributed by atoms with Gasteiger partial charge in [0, 0.05) is 17.3 Å². The third kappa shape index (κ3) is 4.15. The maximum atomic E-state index is 11.5. The number of H-pyrrole nitrogens is 1. The predicted molar refractivity (Wildman–Crippen MR) is 73.4 cm³/mol. The third-order valence-electron chi connectivity index (χ3n) is 2.18. The first-order chi connectivity index (χ1) is 8.74. The summed E-state index contributed by atoms with van der Waals surface area (Å²) in [7, 11) is 0. The van der Waals surface area contributed by atoms with Crippen LogP contribution in [0, 0.1) is 6.92 Å². The number of thioether (sulfide) groups is 1. The van der Waals surface area contributed by atoms with E-state index in [1.807, 2.05) is 18.4 Å². The summed E-state index contributed by atoms with van der Waals surface area (Å²) in [6, 6.07) is 1.84. The van der Waals surface area contributed by atoms with E-state index in [9.17, 15) is 4.79 Å². The molecule has 5 nitrogen and oxygen atoms in total. The van der Waals surface area contributed by atoms with E-state index in [2.05, 4.69) is 20.5 Å². The van der Waals surface area contributed by atoms with Crippen LogP contribution in [0.1, 0.15) is 16.4 Å². The topological polar surface area (TPSA) is 70.7 Å². The third-order valence-corrected chi connectivity index (χ3v) is 3.97. The second kappa shape index (κ2) is 6.55. The Hall–Kier alpha value is -1.34. The molecule has 0 unspecified atom stereocenters. The average Bonchev–Trinajstić information content (AvgIpc) is 2.98. The molecule has 0 aromatic carbocycles. The molecule has 2 aromatic rings. The van der Waals surface area contributed by atoms with E-state index in [0.29, 0.717) is 12.3 Å². The summed E-state index contributed by atoms with van der Waals surface area (Å²) in [5.74, 6) is 1.26. The minimum absolute atomic E-state index is 0.0292. The summed E-state index contributed by atoms with van der Waals surface area (Å²) in [4.78, 5) is 15.9. The van der Waals surface area contributed by atoms with Crippen molar-refractivity contribution in [3.63, 3.8) is 0 Å². The van der Waals surface area contributed by atoms with Gasteiger partial charge in [0.2, 0.25) is 5.91 Å². The first-order valence-corrected chi connectivity index (χ1v) is 7.51. The second-order valence-electron chi connectivity index (χ2n) is 3.71. The summed E-state index contributed by atoms with van der Waals surface area (Å²) in [6.45, 7) is 2.48. The van der Waals surface area contributed by atoms with Crippen LogP contribution in [-0.4, -0.2) is 26.8 Å². The van der Waals surface area contributed by atoms with E-state index in [1.54, 1.807) is 29.3 Å². The second-order valence-corrected chi connectivity index (χ2v) is 5.76. The summed E-state index contributed by atoms with van der Waals surface area (Å²) in [5.41, 5.74) is 1.95. The number of hydrogen-bond acceptors (Lipinski definition) is 5. The van der Waals surface area contributed by atoms with Gasteiger partial charge in [0.15, 0.2) is 0 Å². The summed E-state index contributed by atoms with van der Waals surface area (Å²) in [6.07, 6.45) is 1.67.